The Balaban J connectivity index is 2.04. The summed E-state index contributed by atoms with van der Waals surface area (Å²) in [5.41, 5.74) is 1.19. The van der Waals surface area contributed by atoms with Gasteiger partial charge in [-0.25, -0.2) is 0 Å². The predicted molar refractivity (Wildman–Crippen MR) is 88.5 cm³/mol. The lowest BCUT2D eigenvalue weighted by molar-refractivity contribution is 0.127. The van der Waals surface area contributed by atoms with E-state index in [1.807, 2.05) is 6.07 Å². The second-order valence-corrected chi connectivity index (χ2v) is 7.24. The van der Waals surface area contributed by atoms with Crippen LogP contribution in [0.3, 0.4) is 0 Å². The van der Waals surface area contributed by atoms with Gasteiger partial charge >= 0.3 is 0 Å². The third kappa shape index (κ3) is 4.06. The van der Waals surface area contributed by atoms with Crippen molar-refractivity contribution in [1.29, 1.82) is 0 Å². The average Bonchev–Trinajstić information content (AvgIpc) is 2.79. The van der Waals surface area contributed by atoms with Crippen molar-refractivity contribution in [2.75, 3.05) is 26.7 Å². The van der Waals surface area contributed by atoms with Crippen molar-refractivity contribution in [3.63, 3.8) is 0 Å². The molecule has 1 heterocycles. The lowest BCUT2D eigenvalue weighted by atomic mass is 9.75. The maximum absolute atomic E-state index is 9.77. The van der Waals surface area contributed by atoms with Crippen molar-refractivity contribution in [3.8, 4) is 0 Å². The number of aliphatic hydroxyl groups excluding tert-OH is 1. The number of hydrogen-bond donors (Lipinski definition) is 2. The molecular formula is C18H30N2O. The summed E-state index contributed by atoms with van der Waals surface area (Å²) in [7, 11) is 2.19. The third-order valence-corrected chi connectivity index (χ3v) is 5.05. The Morgan fingerprint density at radius 2 is 2.00 bits per heavy atom. The molecule has 2 N–H and O–H groups in total. The van der Waals surface area contributed by atoms with Crippen LogP contribution in [0.15, 0.2) is 30.3 Å². The van der Waals surface area contributed by atoms with Crippen molar-refractivity contribution in [1.82, 2.24) is 10.2 Å². The van der Waals surface area contributed by atoms with Crippen LogP contribution < -0.4 is 5.32 Å². The zero-order valence-electron chi connectivity index (χ0n) is 13.8. The van der Waals surface area contributed by atoms with Gasteiger partial charge in [-0.2, -0.15) is 0 Å². The highest BCUT2D eigenvalue weighted by Gasteiger charge is 2.32. The molecule has 3 atom stereocenters. The van der Waals surface area contributed by atoms with E-state index in [9.17, 15) is 5.11 Å². The van der Waals surface area contributed by atoms with Gasteiger partial charge in [0, 0.05) is 37.7 Å². The van der Waals surface area contributed by atoms with E-state index in [4.69, 9.17) is 0 Å². The molecule has 0 bridgehead atoms. The Bertz CT molecular complexity index is 422. The van der Waals surface area contributed by atoms with Gasteiger partial charge in [-0.1, -0.05) is 44.2 Å². The van der Waals surface area contributed by atoms with Crippen molar-refractivity contribution in [3.05, 3.63) is 35.9 Å². The Hall–Kier alpha value is -0.900. The Kier molecular flexibility index (Phi) is 5.42. The van der Waals surface area contributed by atoms with Gasteiger partial charge in [-0.3, -0.25) is 0 Å². The molecule has 1 aliphatic rings. The van der Waals surface area contributed by atoms with Crippen LogP contribution in [0.1, 0.15) is 38.7 Å². The van der Waals surface area contributed by atoms with Gasteiger partial charge in [0.05, 0.1) is 0 Å². The number of nitrogens with one attached hydrogen (secondary N) is 1. The highest BCUT2D eigenvalue weighted by atomic mass is 16.3. The quantitative estimate of drug-likeness (QED) is 0.845. The van der Waals surface area contributed by atoms with Crippen LogP contribution in [0, 0.1) is 5.41 Å². The van der Waals surface area contributed by atoms with E-state index in [0.29, 0.717) is 18.0 Å². The van der Waals surface area contributed by atoms with E-state index in [1.165, 1.54) is 12.0 Å². The molecule has 1 aromatic carbocycles. The highest BCUT2D eigenvalue weighted by molar-refractivity contribution is 5.22. The van der Waals surface area contributed by atoms with Gasteiger partial charge in [-0.15, -0.1) is 0 Å². The molecule has 1 aromatic rings. The average molecular weight is 290 g/mol. The minimum atomic E-state index is -0.121. The van der Waals surface area contributed by atoms with Crippen molar-refractivity contribution >= 4 is 0 Å². The molecule has 0 amide bonds. The van der Waals surface area contributed by atoms with Gasteiger partial charge in [0.1, 0.15) is 0 Å². The normalized spacial score (nSPS) is 25.2. The Morgan fingerprint density at radius 3 is 2.52 bits per heavy atom. The van der Waals surface area contributed by atoms with E-state index in [-0.39, 0.29) is 12.0 Å². The van der Waals surface area contributed by atoms with Crippen LogP contribution in [0.2, 0.25) is 0 Å². The van der Waals surface area contributed by atoms with Crippen molar-refractivity contribution < 1.29 is 5.11 Å². The standard InChI is InChI=1S/C18H30N2O/c1-14-10-16(12-20(14)4)19-11-17(18(2,3)13-21)15-8-6-5-7-9-15/h5-9,14,16-17,19,21H,10-13H2,1-4H3. The van der Waals surface area contributed by atoms with E-state index in [0.717, 1.165) is 13.1 Å². The Morgan fingerprint density at radius 1 is 1.33 bits per heavy atom. The van der Waals surface area contributed by atoms with Crippen LogP contribution in [0.25, 0.3) is 0 Å². The van der Waals surface area contributed by atoms with Crippen LogP contribution in [0.4, 0.5) is 0 Å². The fourth-order valence-corrected chi connectivity index (χ4v) is 3.27. The number of rotatable bonds is 6. The molecule has 0 saturated carbocycles. The molecule has 3 heteroatoms. The van der Waals surface area contributed by atoms with E-state index in [1.54, 1.807) is 0 Å². The summed E-state index contributed by atoms with van der Waals surface area (Å²) >= 11 is 0. The summed E-state index contributed by atoms with van der Waals surface area (Å²) in [6.07, 6.45) is 1.21. The van der Waals surface area contributed by atoms with E-state index in [2.05, 4.69) is 62.3 Å². The van der Waals surface area contributed by atoms with Gasteiger partial charge in [0.25, 0.3) is 0 Å². The summed E-state index contributed by atoms with van der Waals surface area (Å²) < 4.78 is 0. The van der Waals surface area contributed by atoms with E-state index < -0.39 is 0 Å². The summed E-state index contributed by atoms with van der Waals surface area (Å²) in [4.78, 5) is 2.41. The van der Waals surface area contributed by atoms with Gasteiger partial charge < -0.3 is 15.3 Å². The van der Waals surface area contributed by atoms with E-state index >= 15 is 0 Å². The monoisotopic (exact) mass is 290 g/mol. The van der Waals surface area contributed by atoms with Gasteiger partial charge in [0.15, 0.2) is 0 Å². The fraction of sp³-hybridized carbons (Fsp3) is 0.667. The summed E-state index contributed by atoms with van der Waals surface area (Å²) in [5.74, 6) is 0.324. The van der Waals surface area contributed by atoms with Gasteiger partial charge in [0.2, 0.25) is 0 Å². The number of hydrogen-bond acceptors (Lipinski definition) is 3. The molecule has 21 heavy (non-hydrogen) atoms. The molecule has 0 radical (unpaired) electrons. The van der Waals surface area contributed by atoms with Crippen LogP contribution >= 0.6 is 0 Å². The molecule has 0 aliphatic carbocycles. The lowest BCUT2D eigenvalue weighted by Crippen LogP contribution is -2.39. The topological polar surface area (TPSA) is 35.5 Å². The summed E-state index contributed by atoms with van der Waals surface area (Å²) in [6, 6.07) is 11.8. The first-order valence-electron chi connectivity index (χ1n) is 8.03. The lowest BCUT2D eigenvalue weighted by Gasteiger charge is -2.34. The highest BCUT2D eigenvalue weighted by Crippen LogP contribution is 2.34. The van der Waals surface area contributed by atoms with Gasteiger partial charge in [-0.05, 0) is 31.4 Å². The second kappa shape index (κ2) is 6.91. The summed E-state index contributed by atoms with van der Waals surface area (Å²) in [6.45, 7) is 8.82. The van der Waals surface area contributed by atoms with Crippen molar-refractivity contribution in [2.45, 2.75) is 45.2 Å². The molecule has 3 nitrogen and oxygen atoms in total. The molecule has 0 spiro atoms. The van der Waals surface area contributed by atoms with Crippen molar-refractivity contribution in [2.24, 2.45) is 5.41 Å². The zero-order valence-corrected chi connectivity index (χ0v) is 13.8. The maximum Gasteiger partial charge on any atom is 0.0488 e. The molecular weight excluding hydrogens is 260 g/mol. The molecule has 1 saturated heterocycles. The number of likely N-dealkylation sites (N-methyl/N-ethyl adjacent to an activating group) is 1. The molecule has 0 aromatic heterocycles. The predicted octanol–water partition coefficient (Wildman–Crippen LogP) is 2.47. The first-order valence-corrected chi connectivity index (χ1v) is 8.03. The first-order chi connectivity index (χ1) is 9.94. The van der Waals surface area contributed by atoms with Crippen LogP contribution in [-0.4, -0.2) is 48.8 Å². The smallest absolute Gasteiger partial charge is 0.0488 e. The zero-order chi connectivity index (χ0) is 15.5. The molecule has 3 unspecified atom stereocenters. The SMILES string of the molecule is CC1CC(NCC(c2ccccc2)C(C)(C)CO)CN1C. The number of benzene rings is 1. The first kappa shape index (κ1) is 16.5. The summed E-state index contributed by atoms with van der Waals surface area (Å²) in [5, 5.41) is 13.5. The Labute approximate surface area is 129 Å². The van der Waals surface area contributed by atoms with Crippen LogP contribution in [-0.2, 0) is 0 Å². The molecule has 1 fully saturated rings. The number of likely N-dealkylation sites (tertiary alicyclic amines) is 1. The minimum absolute atomic E-state index is 0.121. The second-order valence-electron chi connectivity index (χ2n) is 7.24. The molecule has 2 rings (SSSR count). The largest absolute Gasteiger partial charge is 0.396 e. The fourth-order valence-electron chi connectivity index (χ4n) is 3.27. The molecule has 118 valence electrons. The van der Waals surface area contributed by atoms with Crippen LogP contribution in [0.5, 0.6) is 0 Å². The number of aliphatic hydroxyl groups is 1. The maximum atomic E-state index is 9.77. The molecule has 1 aliphatic heterocycles. The third-order valence-electron chi connectivity index (χ3n) is 5.05. The number of nitrogens with zero attached hydrogens (tertiary/aromatic N) is 1. The minimum Gasteiger partial charge on any atom is -0.396 e.